The molecule has 7 N–H and O–H groups in total. The Morgan fingerprint density at radius 2 is 1.60 bits per heavy atom. The molecule has 11 heteroatoms. The van der Waals surface area contributed by atoms with E-state index >= 15 is 0 Å². The first-order chi connectivity index (χ1) is 11.7. The highest BCUT2D eigenvalue weighted by atomic mass is 16.8. The predicted molar refractivity (Wildman–Crippen MR) is 78.8 cm³/mol. The van der Waals surface area contributed by atoms with Crippen molar-refractivity contribution >= 4 is 5.91 Å². The van der Waals surface area contributed by atoms with Crippen LogP contribution in [-0.2, 0) is 19.0 Å². The van der Waals surface area contributed by atoms with Crippen LogP contribution in [0.4, 0.5) is 0 Å². The number of aliphatic hydroxyl groups is 6. The Kier molecular flexibility index (Phi) is 6.70. The van der Waals surface area contributed by atoms with Crippen LogP contribution in [0.2, 0.25) is 0 Å². The van der Waals surface area contributed by atoms with E-state index in [4.69, 9.17) is 14.2 Å². The van der Waals surface area contributed by atoms with Crippen molar-refractivity contribution in [3.05, 3.63) is 0 Å². The van der Waals surface area contributed by atoms with E-state index in [9.17, 15) is 35.4 Å². The number of nitrogens with one attached hydrogen (secondary N) is 1. The van der Waals surface area contributed by atoms with E-state index in [0.29, 0.717) is 0 Å². The number of ether oxygens (including phenoxy) is 3. The molecule has 0 aliphatic carbocycles. The van der Waals surface area contributed by atoms with Crippen LogP contribution in [0.3, 0.4) is 0 Å². The van der Waals surface area contributed by atoms with E-state index in [0.717, 1.165) is 0 Å². The maximum atomic E-state index is 11.3. The Morgan fingerprint density at radius 3 is 2.16 bits per heavy atom. The molecule has 0 radical (unpaired) electrons. The Balaban J connectivity index is 2.16. The van der Waals surface area contributed by atoms with Gasteiger partial charge < -0.3 is 50.2 Å². The van der Waals surface area contributed by atoms with Crippen molar-refractivity contribution in [2.75, 3.05) is 6.61 Å². The van der Waals surface area contributed by atoms with Gasteiger partial charge in [-0.3, -0.25) is 4.79 Å². The Bertz CT molecular complexity index is 465. The minimum Gasteiger partial charge on any atom is -0.394 e. The van der Waals surface area contributed by atoms with Gasteiger partial charge in [-0.05, 0) is 6.92 Å². The van der Waals surface area contributed by atoms with Crippen molar-refractivity contribution in [2.45, 2.75) is 75.2 Å². The summed E-state index contributed by atoms with van der Waals surface area (Å²) in [7, 11) is 0. The van der Waals surface area contributed by atoms with Gasteiger partial charge in [-0.2, -0.15) is 0 Å². The summed E-state index contributed by atoms with van der Waals surface area (Å²) in [6, 6.07) is -1.22. The van der Waals surface area contributed by atoms with Gasteiger partial charge in [0.05, 0.1) is 12.7 Å². The molecule has 0 saturated carbocycles. The van der Waals surface area contributed by atoms with Crippen LogP contribution in [0.25, 0.3) is 0 Å². The summed E-state index contributed by atoms with van der Waals surface area (Å²) in [6.45, 7) is 2.01. The van der Waals surface area contributed by atoms with Crippen LogP contribution < -0.4 is 5.32 Å². The smallest absolute Gasteiger partial charge is 0.217 e. The standard InChI is InChI=1S/C14H25NO10/c1-4-8(18)11(21)12(22)14(23-4)25-13-7(15-5(2)17)10(20)9(19)6(3-16)24-13/h4,6-14,16,18-22H,3H2,1-2H3,(H,15,17)/t4-,6+,7+,8-,9+,10+,11+,12+,13-,14+/m0/s1. The molecule has 0 bridgehead atoms. The fourth-order valence-electron chi connectivity index (χ4n) is 2.84. The van der Waals surface area contributed by atoms with Gasteiger partial charge in [0.15, 0.2) is 12.6 Å². The summed E-state index contributed by atoms with van der Waals surface area (Å²) in [5, 5.41) is 61.2. The Morgan fingerprint density at radius 1 is 0.960 bits per heavy atom. The Labute approximate surface area is 143 Å². The van der Waals surface area contributed by atoms with Crippen LogP contribution in [0.5, 0.6) is 0 Å². The third-order valence-corrected chi connectivity index (χ3v) is 4.33. The van der Waals surface area contributed by atoms with Gasteiger partial charge in [0.1, 0.15) is 42.7 Å². The van der Waals surface area contributed by atoms with E-state index < -0.39 is 73.9 Å². The molecule has 0 aromatic carbocycles. The fraction of sp³-hybridized carbons (Fsp3) is 0.929. The number of hydrogen-bond acceptors (Lipinski definition) is 10. The van der Waals surface area contributed by atoms with E-state index in [2.05, 4.69) is 5.32 Å². The lowest BCUT2D eigenvalue weighted by Gasteiger charge is -2.45. The number of carbonyl (C=O) groups excluding carboxylic acids is 1. The number of amides is 1. The lowest BCUT2D eigenvalue weighted by molar-refractivity contribution is -0.359. The number of aliphatic hydroxyl groups excluding tert-OH is 6. The molecule has 1 amide bonds. The van der Waals surface area contributed by atoms with Gasteiger partial charge in [-0.1, -0.05) is 0 Å². The minimum absolute atomic E-state index is 0.537. The van der Waals surface area contributed by atoms with Gasteiger partial charge in [-0.25, -0.2) is 0 Å². The SMILES string of the molecule is CC(=O)N[C@H]1[C@H](O[C@H]2O[C@@H](C)[C@H](O)[C@@H](O)[C@H]2O)O[C@H](CO)[C@@H](O)[C@@H]1O. The van der Waals surface area contributed by atoms with Crippen molar-refractivity contribution in [1.82, 2.24) is 5.32 Å². The summed E-state index contributed by atoms with van der Waals surface area (Å²) in [4.78, 5) is 11.3. The van der Waals surface area contributed by atoms with Gasteiger partial charge in [0.25, 0.3) is 0 Å². The molecule has 0 spiro atoms. The average Bonchev–Trinajstić information content (AvgIpc) is 2.56. The molecule has 10 atom stereocenters. The zero-order valence-electron chi connectivity index (χ0n) is 13.8. The maximum absolute atomic E-state index is 11.3. The van der Waals surface area contributed by atoms with Crippen LogP contribution in [0.15, 0.2) is 0 Å². The molecule has 0 aromatic rings. The molecule has 2 heterocycles. The van der Waals surface area contributed by atoms with Gasteiger partial charge >= 0.3 is 0 Å². The largest absolute Gasteiger partial charge is 0.394 e. The molecule has 25 heavy (non-hydrogen) atoms. The molecule has 0 aromatic heterocycles. The van der Waals surface area contributed by atoms with E-state index in [1.54, 1.807) is 0 Å². The molecule has 2 aliphatic heterocycles. The molecule has 2 fully saturated rings. The summed E-state index contributed by atoms with van der Waals surface area (Å²) in [5.41, 5.74) is 0. The van der Waals surface area contributed by atoms with Crippen molar-refractivity contribution in [2.24, 2.45) is 0 Å². The van der Waals surface area contributed by atoms with Gasteiger partial charge in [0.2, 0.25) is 5.91 Å². The zero-order valence-corrected chi connectivity index (χ0v) is 13.8. The Hall–Kier alpha value is -0.890. The fourth-order valence-corrected chi connectivity index (χ4v) is 2.84. The maximum Gasteiger partial charge on any atom is 0.217 e. The first kappa shape index (κ1) is 20.4. The highest BCUT2D eigenvalue weighted by molar-refractivity contribution is 5.73. The molecular weight excluding hydrogens is 342 g/mol. The summed E-state index contributed by atoms with van der Waals surface area (Å²) < 4.78 is 16.1. The molecule has 146 valence electrons. The second kappa shape index (κ2) is 8.20. The van der Waals surface area contributed by atoms with Crippen LogP contribution >= 0.6 is 0 Å². The monoisotopic (exact) mass is 367 g/mol. The average molecular weight is 367 g/mol. The first-order valence-corrected chi connectivity index (χ1v) is 7.92. The van der Waals surface area contributed by atoms with Gasteiger partial charge in [0, 0.05) is 6.92 Å². The molecule has 2 aliphatic rings. The summed E-state index contributed by atoms with van der Waals surface area (Å²) in [5.74, 6) is -0.537. The number of hydrogen-bond donors (Lipinski definition) is 7. The molecule has 2 rings (SSSR count). The van der Waals surface area contributed by atoms with Gasteiger partial charge in [-0.15, -0.1) is 0 Å². The van der Waals surface area contributed by atoms with Crippen molar-refractivity contribution in [3.8, 4) is 0 Å². The van der Waals surface area contributed by atoms with Crippen molar-refractivity contribution in [3.63, 3.8) is 0 Å². The van der Waals surface area contributed by atoms with E-state index in [-0.39, 0.29) is 0 Å². The van der Waals surface area contributed by atoms with Crippen LogP contribution in [-0.4, -0.2) is 105 Å². The topological polar surface area (TPSA) is 178 Å². The summed E-state index contributed by atoms with van der Waals surface area (Å²) in [6.07, 6.45) is -12.4. The highest BCUT2D eigenvalue weighted by Crippen LogP contribution is 2.28. The number of carbonyl (C=O) groups is 1. The zero-order chi connectivity index (χ0) is 18.9. The molecule has 0 unspecified atom stereocenters. The van der Waals surface area contributed by atoms with Crippen molar-refractivity contribution in [1.29, 1.82) is 0 Å². The van der Waals surface area contributed by atoms with E-state index in [1.165, 1.54) is 13.8 Å². The van der Waals surface area contributed by atoms with E-state index in [1.807, 2.05) is 0 Å². The normalized spacial score (nSPS) is 48.2. The second-order valence-corrected chi connectivity index (χ2v) is 6.25. The molecular formula is C14H25NO10. The number of rotatable bonds is 4. The van der Waals surface area contributed by atoms with Crippen LogP contribution in [0, 0.1) is 0 Å². The summed E-state index contributed by atoms with van der Waals surface area (Å²) >= 11 is 0. The van der Waals surface area contributed by atoms with Crippen LogP contribution in [0.1, 0.15) is 13.8 Å². The van der Waals surface area contributed by atoms with Crippen molar-refractivity contribution < 1.29 is 49.6 Å². The predicted octanol–water partition coefficient (Wildman–Crippen LogP) is -4.23. The molecule has 2 saturated heterocycles. The minimum atomic E-state index is -1.62. The highest BCUT2D eigenvalue weighted by Gasteiger charge is 2.49. The third kappa shape index (κ3) is 4.27. The first-order valence-electron chi connectivity index (χ1n) is 7.92. The lowest BCUT2D eigenvalue weighted by atomic mass is 9.96. The lowest BCUT2D eigenvalue weighted by Crippen LogP contribution is -2.66. The molecule has 11 nitrogen and oxygen atoms in total. The quantitative estimate of drug-likeness (QED) is 0.257. The third-order valence-electron chi connectivity index (χ3n) is 4.33. The second-order valence-electron chi connectivity index (χ2n) is 6.25.